The monoisotopic (exact) mass is 461 g/mol. The Bertz CT molecular complexity index is 872. The van der Waals surface area contributed by atoms with Crippen LogP contribution >= 0.6 is 11.3 Å². The summed E-state index contributed by atoms with van der Waals surface area (Å²) in [6.45, 7) is 4.93. The van der Waals surface area contributed by atoms with E-state index in [0.717, 1.165) is 16.0 Å². The van der Waals surface area contributed by atoms with Crippen LogP contribution in [0.5, 0.6) is 0 Å². The molecule has 0 radical (unpaired) electrons. The lowest BCUT2D eigenvalue weighted by atomic mass is 10.2. The molecule has 32 heavy (non-hydrogen) atoms. The highest BCUT2D eigenvalue weighted by Crippen LogP contribution is 2.19. The Hall–Kier alpha value is -2.91. The first kappa shape index (κ1) is 25.4. The minimum atomic E-state index is -0.530. The van der Waals surface area contributed by atoms with E-state index < -0.39 is 12.0 Å². The number of carbonyl (C=O) groups excluding carboxylic acids is 3. The summed E-state index contributed by atoms with van der Waals surface area (Å²) in [6, 6.07) is 11.2. The quantitative estimate of drug-likeness (QED) is 0.491. The zero-order chi connectivity index (χ0) is 23.3. The van der Waals surface area contributed by atoms with Gasteiger partial charge in [-0.2, -0.15) is 0 Å². The van der Waals surface area contributed by atoms with Crippen LogP contribution in [0.2, 0.25) is 0 Å². The van der Waals surface area contributed by atoms with Gasteiger partial charge in [-0.05, 0) is 36.4 Å². The Balaban J connectivity index is 2.11. The largest absolute Gasteiger partial charge is 0.465 e. The fourth-order valence-electron chi connectivity index (χ4n) is 2.96. The number of methoxy groups -OCH3 is 1. The Morgan fingerprint density at radius 1 is 1.06 bits per heavy atom. The summed E-state index contributed by atoms with van der Waals surface area (Å²) < 4.78 is 9.93. The first-order chi connectivity index (χ1) is 15.4. The molecule has 1 aromatic carbocycles. The fraction of sp³-hybridized carbons (Fsp3) is 0.435. The molecule has 1 N–H and O–H groups in total. The zero-order valence-corrected chi connectivity index (χ0v) is 19.7. The van der Waals surface area contributed by atoms with Crippen LogP contribution in [-0.4, -0.2) is 67.7 Å². The van der Waals surface area contributed by atoms with E-state index in [1.54, 1.807) is 23.2 Å². The van der Waals surface area contributed by atoms with Crippen LogP contribution in [0.3, 0.4) is 0 Å². The molecule has 0 aliphatic heterocycles. The second-order valence-electron chi connectivity index (χ2n) is 7.14. The van der Waals surface area contributed by atoms with Crippen LogP contribution in [0.15, 0.2) is 41.8 Å². The number of ether oxygens (including phenoxy) is 2. The highest BCUT2D eigenvalue weighted by atomic mass is 32.1. The van der Waals surface area contributed by atoms with Gasteiger partial charge in [0.25, 0.3) is 0 Å². The number of hydrogen-bond acceptors (Lipinski definition) is 6. The van der Waals surface area contributed by atoms with Gasteiger partial charge < -0.3 is 24.6 Å². The van der Waals surface area contributed by atoms with Crippen LogP contribution < -0.4 is 5.32 Å². The number of nitrogens with zero attached hydrogens (tertiary/aromatic N) is 2. The van der Waals surface area contributed by atoms with Crippen molar-refractivity contribution < 1.29 is 23.9 Å². The number of esters is 1. The molecule has 0 fully saturated rings. The van der Waals surface area contributed by atoms with Gasteiger partial charge in [-0.1, -0.05) is 30.3 Å². The Morgan fingerprint density at radius 3 is 2.44 bits per heavy atom. The zero-order valence-electron chi connectivity index (χ0n) is 18.8. The minimum absolute atomic E-state index is 0.130. The second kappa shape index (κ2) is 13.5. The van der Waals surface area contributed by atoms with Crippen molar-refractivity contribution in [2.45, 2.75) is 26.9 Å². The predicted octanol–water partition coefficient (Wildman–Crippen LogP) is 2.81. The molecule has 0 atom stereocenters. The number of thiophene rings is 1. The number of amides is 3. The standard InChI is InChI=1S/C23H31N3O5S/c1-4-31-22(28)14-24-23(29)25(11-12-30-3)17-21(27)26(15-19-8-6-5-7-9-19)16-20-18(2)10-13-32-20/h5-10,13H,4,11-12,14-17H2,1-3H3,(H,24,29). The molecule has 0 saturated carbocycles. The van der Waals surface area contributed by atoms with Crippen molar-refractivity contribution in [3.8, 4) is 0 Å². The average Bonchev–Trinajstić information content (AvgIpc) is 3.19. The predicted molar refractivity (Wildman–Crippen MR) is 123 cm³/mol. The van der Waals surface area contributed by atoms with Crippen molar-refractivity contribution in [2.75, 3.05) is 40.0 Å². The molecule has 0 bridgehead atoms. The van der Waals surface area contributed by atoms with Gasteiger partial charge >= 0.3 is 12.0 Å². The molecule has 2 rings (SSSR count). The van der Waals surface area contributed by atoms with Crippen molar-refractivity contribution in [2.24, 2.45) is 0 Å². The molecule has 8 nitrogen and oxygen atoms in total. The highest BCUT2D eigenvalue weighted by molar-refractivity contribution is 7.10. The van der Waals surface area contributed by atoms with E-state index in [4.69, 9.17) is 9.47 Å². The first-order valence-corrected chi connectivity index (χ1v) is 11.3. The molecule has 9 heteroatoms. The van der Waals surface area contributed by atoms with Gasteiger partial charge in [0.05, 0.1) is 19.8 Å². The third-order valence-electron chi connectivity index (χ3n) is 4.74. The molecule has 174 valence electrons. The highest BCUT2D eigenvalue weighted by Gasteiger charge is 2.23. The van der Waals surface area contributed by atoms with Crippen LogP contribution in [-0.2, 0) is 32.2 Å². The van der Waals surface area contributed by atoms with Gasteiger partial charge in [0.15, 0.2) is 0 Å². The van der Waals surface area contributed by atoms with Crippen LogP contribution in [0.4, 0.5) is 4.79 Å². The lowest BCUT2D eigenvalue weighted by molar-refractivity contribution is -0.141. The number of aryl methyl sites for hydroxylation is 1. The molecule has 0 aliphatic rings. The fourth-order valence-corrected chi connectivity index (χ4v) is 3.88. The number of urea groups is 1. The van der Waals surface area contributed by atoms with E-state index in [0.29, 0.717) is 13.1 Å². The Labute approximate surface area is 193 Å². The minimum Gasteiger partial charge on any atom is -0.465 e. The van der Waals surface area contributed by atoms with Gasteiger partial charge in [0.2, 0.25) is 5.91 Å². The Morgan fingerprint density at radius 2 is 1.81 bits per heavy atom. The van der Waals surface area contributed by atoms with Crippen molar-refractivity contribution >= 4 is 29.2 Å². The van der Waals surface area contributed by atoms with Gasteiger partial charge in [-0.3, -0.25) is 9.59 Å². The Kier molecular flexibility index (Phi) is 10.7. The summed E-state index contributed by atoms with van der Waals surface area (Å²) in [5, 5.41) is 4.52. The second-order valence-corrected chi connectivity index (χ2v) is 8.14. The van der Waals surface area contributed by atoms with Gasteiger partial charge in [0, 0.05) is 25.1 Å². The SMILES string of the molecule is CCOC(=O)CNC(=O)N(CCOC)CC(=O)N(Cc1ccccc1)Cc1sccc1C. The third-order valence-corrected chi connectivity index (χ3v) is 5.75. The lowest BCUT2D eigenvalue weighted by Crippen LogP contribution is -2.48. The van der Waals surface area contributed by atoms with Crippen molar-refractivity contribution in [3.05, 3.63) is 57.8 Å². The maximum atomic E-state index is 13.3. The molecule has 1 heterocycles. The maximum Gasteiger partial charge on any atom is 0.325 e. The summed E-state index contributed by atoms with van der Waals surface area (Å²) in [5.74, 6) is -0.721. The molecular formula is C23H31N3O5S. The van der Waals surface area contributed by atoms with Crippen molar-refractivity contribution in [1.82, 2.24) is 15.1 Å². The van der Waals surface area contributed by atoms with E-state index in [-0.39, 0.29) is 38.8 Å². The number of benzene rings is 1. The van der Waals surface area contributed by atoms with Gasteiger partial charge in [-0.25, -0.2) is 4.79 Å². The number of nitrogens with one attached hydrogen (secondary N) is 1. The smallest absolute Gasteiger partial charge is 0.325 e. The van der Waals surface area contributed by atoms with Gasteiger partial charge in [-0.15, -0.1) is 11.3 Å². The molecule has 0 spiro atoms. The summed E-state index contributed by atoms with van der Waals surface area (Å²) in [4.78, 5) is 41.7. The van der Waals surface area contributed by atoms with E-state index in [1.165, 1.54) is 12.0 Å². The average molecular weight is 462 g/mol. The van der Waals surface area contributed by atoms with Crippen LogP contribution in [0, 0.1) is 6.92 Å². The number of rotatable bonds is 12. The first-order valence-electron chi connectivity index (χ1n) is 10.5. The normalized spacial score (nSPS) is 10.5. The molecule has 0 unspecified atom stereocenters. The number of hydrogen-bond donors (Lipinski definition) is 1. The molecule has 1 aromatic heterocycles. The summed E-state index contributed by atoms with van der Waals surface area (Å²) in [5.41, 5.74) is 2.13. The van der Waals surface area contributed by atoms with E-state index in [2.05, 4.69) is 5.32 Å². The van der Waals surface area contributed by atoms with Crippen LogP contribution in [0.25, 0.3) is 0 Å². The molecule has 3 amide bonds. The van der Waals surface area contributed by atoms with Gasteiger partial charge in [0.1, 0.15) is 13.1 Å². The maximum absolute atomic E-state index is 13.3. The third kappa shape index (κ3) is 8.32. The van der Waals surface area contributed by atoms with Crippen LogP contribution in [0.1, 0.15) is 22.9 Å². The summed E-state index contributed by atoms with van der Waals surface area (Å²) >= 11 is 1.60. The van der Waals surface area contributed by atoms with Crippen molar-refractivity contribution in [1.29, 1.82) is 0 Å². The summed E-state index contributed by atoms with van der Waals surface area (Å²) in [7, 11) is 1.53. The topological polar surface area (TPSA) is 88.2 Å². The lowest BCUT2D eigenvalue weighted by Gasteiger charge is -2.28. The molecule has 0 saturated heterocycles. The molecular weight excluding hydrogens is 430 g/mol. The summed E-state index contributed by atoms with van der Waals surface area (Å²) in [6.07, 6.45) is 0. The van der Waals surface area contributed by atoms with E-state index in [9.17, 15) is 14.4 Å². The molecule has 0 aliphatic carbocycles. The number of carbonyl (C=O) groups is 3. The molecule has 2 aromatic rings. The van der Waals surface area contributed by atoms with Crippen molar-refractivity contribution in [3.63, 3.8) is 0 Å². The van der Waals surface area contributed by atoms with E-state index >= 15 is 0 Å². The van der Waals surface area contributed by atoms with E-state index in [1.807, 2.05) is 48.7 Å².